The fourth-order valence-electron chi connectivity index (χ4n) is 4.40. The third-order valence-corrected chi connectivity index (χ3v) is 5.38. The van der Waals surface area contributed by atoms with E-state index in [1.165, 1.54) is 57.8 Å². The van der Waals surface area contributed by atoms with Gasteiger partial charge in [-0.25, -0.2) is 0 Å². The van der Waals surface area contributed by atoms with Crippen molar-refractivity contribution in [3.63, 3.8) is 0 Å². The van der Waals surface area contributed by atoms with Crippen molar-refractivity contribution in [1.82, 2.24) is 10.6 Å². The first-order valence-corrected chi connectivity index (χ1v) is 8.81. The Balaban J connectivity index is 1.90. The summed E-state index contributed by atoms with van der Waals surface area (Å²) < 4.78 is 0. The summed E-state index contributed by atoms with van der Waals surface area (Å²) in [5.74, 6) is 1.89. The fraction of sp³-hybridized carbons (Fsp3) is 1.00. The molecule has 0 radical (unpaired) electrons. The molecule has 2 aliphatic carbocycles. The highest BCUT2D eigenvalue weighted by Gasteiger charge is 2.31. The van der Waals surface area contributed by atoms with Gasteiger partial charge in [0, 0.05) is 12.1 Å². The average Bonchev–Trinajstić information content (AvgIpc) is 3.10. The first kappa shape index (κ1) is 15.3. The standard InChI is InChI=1S/C17H34N2/c1-3-18-16(14-9-5-6-10-14)13-17(19-4-2)15-11-7-8-12-15/h14-19H,3-13H2,1-2H3. The summed E-state index contributed by atoms with van der Waals surface area (Å²) in [6.45, 7) is 6.79. The van der Waals surface area contributed by atoms with E-state index < -0.39 is 0 Å². The van der Waals surface area contributed by atoms with E-state index in [9.17, 15) is 0 Å². The molecule has 0 amide bonds. The van der Waals surface area contributed by atoms with Crippen molar-refractivity contribution in [2.24, 2.45) is 11.8 Å². The molecule has 19 heavy (non-hydrogen) atoms. The topological polar surface area (TPSA) is 24.1 Å². The normalized spacial score (nSPS) is 24.9. The molecule has 0 aromatic heterocycles. The van der Waals surface area contributed by atoms with Crippen molar-refractivity contribution in [1.29, 1.82) is 0 Å². The molecule has 2 atom stereocenters. The lowest BCUT2D eigenvalue weighted by molar-refractivity contribution is 0.261. The first-order valence-electron chi connectivity index (χ1n) is 8.81. The van der Waals surface area contributed by atoms with Crippen LogP contribution in [0.4, 0.5) is 0 Å². The van der Waals surface area contributed by atoms with E-state index in [0.29, 0.717) is 0 Å². The summed E-state index contributed by atoms with van der Waals surface area (Å²) in [4.78, 5) is 0. The van der Waals surface area contributed by atoms with Crippen molar-refractivity contribution in [3.05, 3.63) is 0 Å². The molecule has 0 aromatic rings. The second-order valence-corrected chi connectivity index (χ2v) is 6.65. The molecule has 0 saturated heterocycles. The maximum absolute atomic E-state index is 3.80. The summed E-state index contributed by atoms with van der Waals surface area (Å²) in [5.41, 5.74) is 0. The predicted molar refractivity (Wildman–Crippen MR) is 83.5 cm³/mol. The molecule has 2 heteroatoms. The monoisotopic (exact) mass is 266 g/mol. The van der Waals surface area contributed by atoms with E-state index in [2.05, 4.69) is 24.5 Å². The Bertz CT molecular complexity index is 205. The van der Waals surface area contributed by atoms with Gasteiger partial charge in [0.15, 0.2) is 0 Å². The van der Waals surface area contributed by atoms with Crippen molar-refractivity contribution >= 4 is 0 Å². The summed E-state index contributed by atoms with van der Waals surface area (Å²) in [6.07, 6.45) is 13.0. The minimum absolute atomic E-state index is 0.761. The summed E-state index contributed by atoms with van der Waals surface area (Å²) >= 11 is 0. The van der Waals surface area contributed by atoms with Gasteiger partial charge >= 0.3 is 0 Å². The lowest BCUT2D eigenvalue weighted by Gasteiger charge is -2.32. The van der Waals surface area contributed by atoms with Crippen LogP contribution in [-0.4, -0.2) is 25.2 Å². The van der Waals surface area contributed by atoms with Crippen LogP contribution in [0, 0.1) is 11.8 Å². The molecule has 2 saturated carbocycles. The Morgan fingerprint density at radius 1 is 0.737 bits per heavy atom. The minimum atomic E-state index is 0.761. The molecule has 0 aliphatic heterocycles. The van der Waals surface area contributed by atoms with Gasteiger partial charge in [-0.2, -0.15) is 0 Å². The molecule has 2 N–H and O–H groups in total. The minimum Gasteiger partial charge on any atom is -0.314 e. The van der Waals surface area contributed by atoms with Crippen molar-refractivity contribution < 1.29 is 0 Å². The largest absolute Gasteiger partial charge is 0.314 e. The van der Waals surface area contributed by atoms with Crippen LogP contribution in [0.3, 0.4) is 0 Å². The molecule has 0 bridgehead atoms. The zero-order valence-electron chi connectivity index (χ0n) is 13.1. The molecule has 2 aliphatic rings. The van der Waals surface area contributed by atoms with Gasteiger partial charge in [-0.05, 0) is 57.0 Å². The van der Waals surface area contributed by atoms with Crippen LogP contribution in [0.1, 0.15) is 71.6 Å². The molecule has 2 rings (SSSR count). The molecule has 2 nitrogen and oxygen atoms in total. The van der Waals surface area contributed by atoms with Crippen LogP contribution in [0.5, 0.6) is 0 Å². The summed E-state index contributed by atoms with van der Waals surface area (Å²) in [5, 5.41) is 7.59. The number of hydrogen-bond acceptors (Lipinski definition) is 2. The van der Waals surface area contributed by atoms with Crippen LogP contribution < -0.4 is 10.6 Å². The summed E-state index contributed by atoms with van der Waals surface area (Å²) in [7, 11) is 0. The van der Waals surface area contributed by atoms with Gasteiger partial charge in [-0.1, -0.05) is 39.5 Å². The zero-order valence-corrected chi connectivity index (χ0v) is 13.1. The van der Waals surface area contributed by atoms with Gasteiger partial charge in [0.25, 0.3) is 0 Å². The molecule has 112 valence electrons. The van der Waals surface area contributed by atoms with Gasteiger partial charge in [-0.15, -0.1) is 0 Å². The van der Waals surface area contributed by atoms with Gasteiger partial charge in [0.1, 0.15) is 0 Å². The number of hydrogen-bond donors (Lipinski definition) is 2. The lowest BCUT2D eigenvalue weighted by Crippen LogP contribution is -2.44. The van der Waals surface area contributed by atoms with E-state index in [-0.39, 0.29) is 0 Å². The van der Waals surface area contributed by atoms with Gasteiger partial charge in [0.2, 0.25) is 0 Å². The van der Waals surface area contributed by atoms with Gasteiger partial charge in [0.05, 0.1) is 0 Å². The van der Waals surface area contributed by atoms with Crippen LogP contribution in [0.2, 0.25) is 0 Å². The molecule has 0 aromatic carbocycles. The Labute approximate surface area is 120 Å². The highest BCUT2D eigenvalue weighted by atomic mass is 15.0. The molecule has 2 fully saturated rings. The number of rotatable bonds is 8. The van der Waals surface area contributed by atoms with E-state index in [1.54, 1.807) is 0 Å². The van der Waals surface area contributed by atoms with Gasteiger partial charge in [-0.3, -0.25) is 0 Å². The number of nitrogens with one attached hydrogen (secondary N) is 2. The molecule has 0 heterocycles. The fourth-order valence-corrected chi connectivity index (χ4v) is 4.40. The molecule has 0 spiro atoms. The Morgan fingerprint density at radius 3 is 1.42 bits per heavy atom. The second kappa shape index (κ2) is 8.26. The average molecular weight is 266 g/mol. The summed E-state index contributed by atoms with van der Waals surface area (Å²) in [6, 6.07) is 1.52. The maximum atomic E-state index is 3.80. The van der Waals surface area contributed by atoms with E-state index >= 15 is 0 Å². The quantitative estimate of drug-likeness (QED) is 0.700. The van der Waals surface area contributed by atoms with Crippen LogP contribution >= 0.6 is 0 Å². The SMILES string of the molecule is CCNC(CC(NCC)C1CCCC1)C1CCCC1. The van der Waals surface area contributed by atoms with E-state index in [0.717, 1.165) is 37.0 Å². The Morgan fingerprint density at radius 2 is 1.11 bits per heavy atom. The molecular formula is C17H34N2. The van der Waals surface area contributed by atoms with Crippen LogP contribution in [0.15, 0.2) is 0 Å². The molecule has 2 unspecified atom stereocenters. The van der Waals surface area contributed by atoms with E-state index in [4.69, 9.17) is 0 Å². The lowest BCUT2D eigenvalue weighted by atomic mass is 9.86. The van der Waals surface area contributed by atoms with Crippen molar-refractivity contribution in [2.45, 2.75) is 83.7 Å². The first-order chi connectivity index (χ1) is 9.35. The predicted octanol–water partition coefficient (Wildman–Crippen LogP) is 3.71. The Kier molecular flexibility index (Phi) is 6.66. The van der Waals surface area contributed by atoms with Crippen LogP contribution in [0.25, 0.3) is 0 Å². The van der Waals surface area contributed by atoms with Crippen molar-refractivity contribution in [3.8, 4) is 0 Å². The second-order valence-electron chi connectivity index (χ2n) is 6.65. The Hall–Kier alpha value is -0.0800. The van der Waals surface area contributed by atoms with E-state index in [1.807, 2.05) is 0 Å². The smallest absolute Gasteiger partial charge is 0.0110 e. The third kappa shape index (κ3) is 4.46. The van der Waals surface area contributed by atoms with Crippen molar-refractivity contribution in [2.75, 3.05) is 13.1 Å². The maximum Gasteiger partial charge on any atom is 0.0110 e. The third-order valence-electron chi connectivity index (χ3n) is 5.38. The highest BCUT2D eigenvalue weighted by Crippen LogP contribution is 2.34. The van der Waals surface area contributed by atoms with Crippen LogP contribution in [-0.2, 0) is 0 Å². The van der Waals surface area contributed by atoms with Gasteiger partial charge < -0.3 is 10.6 Å². The zero-order chi connectivity index (χ0) is 13.5. The molecular weight excluding hydrogens is 232 g/mol. The highest BCUT2D eigenvalue weighted by molar-refractivity contribution is 4.88.